The molecule has 3 rings (SSSR count). The van der Waals surface area contributed by atoms with E-state index in [1.807, 2.05) is 27.7 Å². The van der Waals surface area contributed by atoms with E-state index >= 15 is 0 Å². The first kappa shape index (κ1) is 11.4. The van der Waals surface area contributed by atoms with Gasteiger partial charge in [0.1, 0.15) is 0 Å². The Bertz CT molecular complexity index is 238. The van der Waals surface area contributed by atoms with Gasteiger partial charge in [-0.15, -0.1) is 0 Å². The molecule has 14 heavy (non-hydrogen) atoms. The fourth-order valence-electron chi connectivity index (χ4n) is 2.18. The second-order valence-electron chi connectivity index (χ2n) is 3.48. The highest BCUT2D eigenvalue weighted by Crippen LogP contribution is 2.50. The predicted molar refractivity (Wildman–Crippen MR) is 63.1 cm³/mol. The van der Waals surface area contributed by atoms with Gasteiger partial charge in [0.15, 0.2) is 0 Å². The van der Waals surface area contributed by atoms with Crippen molar-refractivity contribution in [1.29, 1.82) is 0 Å². The van der Waals surface area contributed by atoms with Crippen molar-refractivity contribution in [2.75, 3.05) is 6.54 Å². The van der Waals surface area contributed by atoms with Crippen LogP contribution in [0.2, 0.25) is 0 Å². The van der Waals surface area contributed by atoms with Crippen molar-refractivity contribution in [3.05, 3.63) is 23.4 Å². The Morgan fingerprint density at radius 1 is 1.21 bits per heavy atom. The molecule has 1 saturated carbocycles. The van der Waals surface area contributed by atoms with Crippen molar-refractivity contribution in [1.82, 2.24) is 5.32 Å². The molecule has 1 heterocycles. The Labute approximate surface area is 88.3 Å². The second-order valence-corrected chi connectivity index (χ2v) is 3.48. The zero-order chi connectivity index (χ0) is 10.6. The van der Waals surface area contributed by atoms with Crippen LogP contribution in [0.15, 0.2) is 23.4 Å². The molecule has 1 heteroatoms. The van der Waals surface area contributed by atoms with E-state index in [1.165, 1.54) is 25.1 Å². The number of hydrogen-bond donors (Lipinski definition) is 1. The van der Waals surface area contributed by atoms with Crippen molar-refractivity contribution in [3.63, 3.8) is 0 Å². The van der Waals surface area contributed by atoms with Gasteiger partial charge in [0, 0.05) is 12.2 Å². The average Bonchev–Trinajstić information content (AvgIpc) is 2.93. The Morgan fingerprint density at radius 2 is 1.93 bits per heavy atom. The zero-order valence-electron chi connectivity index (χ0n) is 9.93. The molecule has 0 spiro atoms. The first-order valence-corrected chi connectivity index (χ1v) is 6.10. The highest BCUT2D eigenvalue weighted by Gasteiger charge is 2.41. The van der Waals surface area contributed by atoms with Gasteiger partial charge >= 0.3 is 0 Å². The SMILES string of the molecule is C1=CC2CC2C2=C1NCC2.CC.CC. The lowest BCUT2D eigenvalue weighted by Crippen LogP contribution is -2.05. The summed E-state index contributed by atoms with van der Waals surface area (Å²) in [6.45, 7) is 9.18. The Hall–Kier alpha value is -0.720. The smallest absolute Gasteiger partial charge is 0.0332 e. The van der Waals surface area contributed by atoms with E-state index in [4.69, 9.17) is 0 Å². The molecule has 2 unspecified atom stereocenters. The van der Waals surface area contributed by atoms with Crippen LogP contribution in [0.4, 0.5) is 0 Å². The number of rotatable bonds is 0. The number of hydrogen-bond acceptors (Lipinski definition) is 1. The number of fused-ring (bicyclic) bond motifs is 2. The molecule has 0 radical (unpaired) electrons. The summed E-state index contributed by atoms with van der Waals surface area (Å²) in [5.74, 6) is 1.88. The maximum atomic E-state index is 3.41. The molecular formula is C13H23N. The van der Waals surface area contributed by atoms with Gasteiger partial charge in [-0.2, -0.15) is 0 Å². The third-order valence-corrected chi connectivity index (χ3v) is 2.85. The Balaban J connectivity index is 0.000000222. The molecule has 2 atom stereocenters. The fourth-order valence-corrected chi connectivity index (χ4v) is 2.18. The largest absolute Gasteiger partial charge is 0.385 e. The van der Waals surface area contributed by atoms with Crippen LogP contribution in [-0.4, -0.2) is 6.54 Å². The lowest BCUT2D eigenvalue weighted by atomic mass is 10.0. The standard InChI is InChI=1S/C9H11N.2C2H6/c1-2-9-7(3-4-10-9)8-5-6(1)8;2*1-2/h1-2,6,8,10H,3-5H2;2*1-2H3. The van der Waals surface area contributed by atoms with Gasteiger partial charge in [-0.25, -0.2) is 0 Å². The maximum Gasteiger partial charge on any atom is 0.0332 e. The molecule has 0 aromatic heterocycles. The van der Waals surface area contributed by atoms with Gasteiger partial charge < -0.3 is 5.32 Å². The normalized spacial score (nSPS) is 30.0. The van der Waals surface area contributed by atoms with Crippen molar-refractivity contribution in [2.45, 2.75) is 40.5 Å². The summed E-state index contributed by atoms with van der Waals surface area (Å²) in [5, 5.41) is 3.41. The summed E-state index contributed by atoms with van der Waals surface area (Å²) in [6, 6.07) is 0. The first-order valence-electron chi connectivity index (χ1n) is 6.10. The minimum absolute atomic E-state index is 0.929. The molecule has 3 aliphatic rings. The topological polar surface area (TPSA) is 12.0 Å². The molecule has 1 nitrogen and oxygen atoms in total. The summed E-state index contributed by atoms with van der Waals surface area (Å²) in [4.78, 5) is 0. The van der Waals surface area contributed by atoms with Crippen LogP contribution in [0, 0.1) is 11.8 Å². The molecule has 0 aromatic carbocycles. The van der Waals surface area contributed by atoms with Crippen LogP contribution >= 0.6 is 0 Å². The van der Waals surface area contributed by atoms with Crippen molar-refractivity contribution in [2.24, 2.45) is 11.8 Å². The minimum Gasteiger partial charge on any atom is -0.385 e. The van der Waals surface area contributed by atoms with E-state index < -0.39 is 0 Å². The average molecular weight is 193 g/mol. The molecule has 1 aliphatic heterocycles. The summed E-state index contributed by atoms with van der Waals surface area (Å²) in [7, 11) is 0. The summed E-state index contributed by atoms with van der Waals surface area (Å²) in [5.41, 5.74) is 3.16. The summed E-state index contributed by atoms with van der Waals surface area (Å²) < 4.78 is 0. The van der Waals surface area contributed by atoms with Crippen LogP contribution in [-0.2, 0) is 0 Å². The number of allylic oxidation sites excluding steroid dienone is 2. The van der Waals surface area contributed by atoms with Gasteiger partial charge in [-0.1, -0.05) is 33.8 Å². The molecule has 0 amide bonds. The van der Waals surface area contributed by atoms with Crippen LogP contribution in [0.5, 0.6) is 0 Å². The second kappa shape index (κ2) is 5.23. The summed E-state index contributed by atoms with van der Waals surface area (Å²) in [6.07, 6.45) is 7.37. The Kier molecular flexibility index (Phi) is 4.24. The lowest BCUT2D eigenvalue weighted by molar-refractivity contribution is 0.846. The van der Waals surface area contributed by atoms with E-state index in [0.717, 1.165) is 11.8 Å². The predicted octanol–water partition coefficient (Wildman–Crippen LogP) is 3.49. The molecule has 2 aliphatic carbocycles. The van der Waals surface area contributed by atoms with E-state index in [0.29, 0.717) is 0 Å². The zero-order valence-corrected chi connectivity index (χ0v) is 9.93. The van der Waals surface area contributed by atoms with E-state index in [2.05, 4.69) is 17.5 Å². The minimum atomic E-state index is 0.929. The summed E-state index contributed by atoms with van der Waals surface area (Å²) >= 11 is 0. The van der Waals surface area contributed by atoms with Crippen molar-refractivity contribution >= 4 is 0 Å². The van der Waals surface area contributed by atoms with Gasteiger partial charge in [0.05, 0.1) is 0 Å². The van der Waals surface area contributed by atoms with Crippen LogP contribution in [0.25, 0.3) is 0 Å². The molecule has 0 bridgehead atoms. The Morgan fingerprint density at radius 3 is 2.64 bits per heavy atom. The molecule has 0 saturated heterocycles. The third-order valence-electron chi connectivity index (χ3n) is 2.85. The van der Waals surface area contributed by atoms with Crippen molar-refractivity contribution in [3.8, 4) is 0 Å². The number of nitrogens with one attached hydrogen (secondary N) is 1. The lowest BCUT2D eigenvalue weighted by Gasteiger charge is -2.05. The molecule has 0 aromatic rings. The molecule has 80 valence electrons. The highest BCUT2D eigenvalue weighted by molar-refractivity contribution is 5.39. The van der Waals surface area contributed by atoms with Gasteiger partial charge in [0.2, 0.25) is 0 Å². The van der Waals surface area contributed by atoms with Crippen LogP contribution in [0.3, 0.4) is 0 Å². The van der Waals surface area contributed by atoms with Gasteiger partial charge in [0.25, 0.3) is 0 Å². The molecule has 1 fully saturated rings. The van der Waals surface area contributed by atoms with Gasteiger partial charge in [-0.05, 0) is 36.3 Å². The molecular weight excluding hydrogens is 170 g/mol. The monoisotopic (exact) mass is 193 g/mol. The van der Waals surface area contributed by atoms with Crippen molar-refractivity contribution < 1.29 is 0 Å². The van der Waals surface area contributed by atoms with E-state index in [-0.39, 0.29) is 0 Å². The maximum absolute atomic E-state index is 3.41. The van der Waals surface area contributed by atoms with Gasteiger partial charge in [-0.3, -0.25) is 0 Å². The molecule has 1 N–H and O–H groups in total. The van der Waals surface area contributed by atoms with Crippen LogP contribution < -0.4 is 5.32 Å². The third kappa shape index (κ3) is 2.02. The van der Waals surface area contributed by atoms with E-state index in [9.17, 15) is 0 Å². The highest BCUT2D eigenvalue weighted by atomic mass is 14.9. The first-order chi connectivity index (χ1) is 6.95. The fraction of sp³-hybridized carbons (Fsp3) is 0.692. The van der Waals surface area contributed by atoms with Crippen LogP contribution in [0.1, 0.15) is 40.5 Å². The quantitative estimate of drug-likeness (QED) is 0.621. The van der Waals surface area contributed by atoms with E-state index in [1.54, 1.807) is 5.57 Å².